The summed E-state index contributed by atoms with van der Waals surface area (Å²) >= 11 is 0. The first kappa shape index (κ1) is 16.5. The Morgan fingerprint density at radius 3 is 3.00 bits per heavy atom. The van der Waals surface area contributed by atoms with Gasteiger partial charge in [0.2, 0.25) is 0 Å². The molecule has 2 unspecified atom stereocenters. The summed E-state index contributed by atoms with van der Waals surface area (Å²) in [5.74, 6) is 0. The number of carbonyl (C=O) groups is 1. The van der Waals surface area contributed by atoms with E-state index in [9.17, 15) is 9.90 Å². The number of aromatic nitrogens is 2. The molecule has 1 aliphatic rings. The second kappa shape index (κ2) is 7.05. The molecule has 1 aromatic heterocycles. The monoisotopic (exact) mass is 328 g/mol. The Balaban J connectivity index is 1.61. The van der Waals surface area contributed by atoms with Crippen molar-refractivity contribution in [2.45, 2.75) is 38.8 Å². The predicted molar refractivity (Wildman–Crippen MR) is 91.8 cm³/mol. The van der Waals surface area contributed by atoms with Crippen molar-refractivity contribution in [2.24, 2.45) is 5.41 Å². The highest BCUT2D eigenvalue weighted by Gasteiger charge is 2.39. The van der Waals surface area contributed by atoms with Gasteiger partial charge in [0, 0.05) is 30.4 Å². The first-order valence-electron chi connectivity index (χ1n) is 8.35. The van der Waals surface area contributed by atoms with Crippen molar-refractivity contribution in [3.63, 3.8) is 0 Å². The van der Waals surface area contributed by atoms with Crippen LogP contribution in [0.1, 0.15) is 31.7 Å². The van der Waals surface area contributed by atoms with E-state index >= 15 is 0 Å². The standard InChI is InChI=1S/C18H24N4O2/c1-18(13-23)9-4-8-16(18)21-17(24)19-12-14-6-2-3-7-15(14)22-11-5-10-20-22/h2-3,5-7,10-11,16,23H,4,8-9,12-13H2,1H3,(H2,19,21,24). The second-order valence-electron chi connectivity index (χ2n) is 6.66. The second-order valence-corrected chi connectivity index (χ2v) is 6.66. The Morgan fingerprint density at radius 2 is 2.25 bits per heavy atom. The molecule has 6 nitrogen and oxygen atoms in total. The molecule has 0 aliphatic heterocycles. The van der Waals surface area contributed by atoms with Crippen LogP contribution in [-0.4, -0.2) is 33.6 Å². The molecular formula is C18H24N4O2. The van der Waals surface area contributed by atoms with Crippen LogP contribution in [0.3, 0.4) is 0 Å². The molecule has 2 atom stereocenters. The Labute approximate surface area is 141 Å². The van der Waals surface area contributed by atoms with E-state index in [2.05, 4.69) is 15.7 Å². The third-order valence-corrected chi connectivity index (χ3v) is 4.93. The summed E-state index contributed by atoms with van der Waals surface area (Å²) in [5.41, 5.74) is 1.72. The van der Waals surface area contributed by atoms with E-state index in [1.165, 1.54) is 0 Å². The summed E-state index contributed by atoms with van der Waals surface area (Å²) < 4.78 is 1.79. The summed E-state index contributed by atoms with van der Waals surface area (Å²) in [5, 5.41) is 19.8. The van der Waals surface area contributed by atoms with Crippen molar-refractivity contribution in [2.75, 3.05) is 6.61 Å². The number of aliphatic hydroxyl groups excluding tert-OH is 1. The third kappa shape index (κ3) is 3.43. The molecule has 24 heavy (non-hydrogen) atoms. The molecule has 1 aliphatic carbocycles. The van der Waals surface area contributed by atoms with E-state index in [-0.39, 0.29) is 24.1 Å². The summed E-state index contributed by atoms with van der Waals surface area (Å²) in [6, 6.07) is 9.54. The van der Waals surface area contributed by atoms with Crippen molar-refractivity contribution in [1.29, 1.82) is 0 Å². The molecular weight excluding hydrogens is 304 g/mol. The molecule has 6 heteroatoms. The van der Waals surface area contributed by atoms with Crippen molar-refractivity contribution in [3.05, 3.63) is 48.3 Å². The van der Waals surface area contributed by atoms with E-state index in [4.69, 9.17) is 0 Å². The van der Waals surface area contributed by atoms with Crippen molar-refractivity contribution >= 4 is 6.03 Å². The number of amides is 2. The molecule has 3 rings (SSSR count). The minimum Gasteiger partial charge on any atom is -0.396 e. The van der Waals surface area contributed by atoms with E-state index < -0.39 is 0 Å². The minimum absolute atomic E-state index is 0.0175. The minimum atomic E-state index is -0.218. The van der Waals surface area contributed by atoms with Crippen LogP contribution >= 0.6 is 0 Å². The SMILES string of the molecule is CC1(CO)CCCC1NC(=O)NCc1ccccc1-n1cccn1. The lowest BCUT2D eigenvalue weighted by Gasteiger charge is -2.30. The number of nitrogens with one attached hydrogen (secondary N) is 2. The maximum absolute atomic E-state index is 12.2. The predicted octanol–water partition coefficient (Wildman–Crippen LogP) is 2.22. The van der Waals surface area contributed by atoms with Gasteiger partial charge in [0.05, 0.1) is 12.3 Å². The fourth-order valence-electron chi connectivity index (χ4n) is 3.35. The molecule has 1 saturated carbocycles. The maximum Gasteiger partial charge on any atom is 0.315 e. The fourth-order valence-corrected chi connectivity index (χ4v) is 3.35. The van der Waals surface area contributed by atoms with E-state index in [1.54, 1.807) is 10.9 Å². The number of hydrogen-bond donors (Lipinski definition) is 3. The number of rotatable bonds is 5. The topological polar surface area (TPSA) is 79.2 Å². The quantitative estimate of drug-likeness (QED) is 0.787. The van der Waals surface area contributed by atoms with Crippen LogP contribution in [0, 0.1) is 5.41 Å². The highest BCUT2D eigenvalue weighted by Crippen LogP contribution is 2.37. The molecule has 0 radical (unpaired) electrons. The average Bonchev–Trinajstić information content (AvgIpc) is 3.24. The first-order chi connectivity index (χ1) is 11.6. The number of carbonyl (C=O) groups excluding carboxylic acids is 1. The highest BCUT2D eigenvalue weighted by molar-refractivity contribution is 5.74. The zero-order valence-electron chi connectivity index (χ0n) is 13.9. The Kier molecular flexibility index (Phi) is 4.85. The molecule has 0 saturated heterocycles. The lowest BCUT2D eigenvalue weighted by atomic mass is 9.86. The van der Waals surface area contributed by atoms with Crippen LogP contribution in [0.5, 0.6) is 0 Å². The number of nitrogens with zero attached hydrogens (tertiary/aromatic N) is 2. The number of para-hydroxylation sites is 1. The van der Waals surface area contributed by atoms with Gasteiger partial charge in [-0.2, -0.15) is 5.10 Å². The molecule has 1 fully saturated rings. The average molecular weight is 328 g/mol. The summed E-state index contributed by atoms with van der Waals surface area (Å²) in [7, 11) is 0. The van der Waals surface area contributed by atoms with E-state index in [0.717, 1.165) is 30.5 Å². The lowest BCUT2D eigenvalue weighted by Crippen LogP contribution is -2.48. The maximum atomic E-state index is 12.2. The number of benzene rings is 1. The van der Waals surface area contributed by atoms with Crippen LogP contribution in [-0.2, 0) is 6.54 Å². The summed E-state index contributed by atoms with van der Waals surface area (Å²) in [6.07, 6.45) is 6.49. The van der Waals surface area contributed by atoms with Crippen LogP contribution < -0.4 is 10.6 Å². The number of aliphatic hydroxyl groups is 1. The molecule has 128 valence electrons. The molecule has 1 aromatic carbocycles. The molecule has 2 aromatic rings. The van der Waals surface area contributed by atoms with Crippen molar-refractivity contribution in [3.8, 4) is 5.69 Å². The summed E-state index contributed by atoms with van der Waals surface area (Å²) in [6.45, 7) is 2.54. The van der Waals surface area contributed by atoms with Gasteiger partial charge in [-0.25, -0.2) is 9.48 Å². The van der Waals surface area contributed by atoms with E-state index in [0.29, 0.717) is 6.54 Å². The largest absolute Gasteiger partial charge is 0.396 e. The van der Waals surface area contributed by atoms with Crippen molar-refractivity contribution < 1.29 is 9.90 Å². The van der Waals surface area contributed by atoms with Crippen LogP contribution in [0.2, 0.25) is 0 Å². The lowest BCUT2D eigenvalue weighted by molar-refractivity contribution is 0.121. The van der Waals surface area contributed by atoms with Crippen LogP contribution in [0.15, 0.2) is 42.7 Å². The van der Waals surface area contributed by atoms with E-state index in [1.807, 2.05) is 43.5 Å². The fraction of sp³-hybridized carbons (Fsp3) is 0.444. The smallest absolute Gasteiger partial charge is 0.315 e. The van der Waals surface area contributed by atoms with Gasteiger partial charge >= 0.3 is 6.03 Å². The summed E-state index contributed by atoms with van der Waals surface area (Å²) in [4.78, 5) is 12.2. The molecule has 1 heterocycles. The van der Waals surface area contributed by atoms with Gasteiger partial charge in [-0.3, -0.25) is 0 Å². The van der Waals surface area contributed by atoms with Crippen molar-refractivity contribution in [1.82, 2.24) is 20.4 Å². The highest BCUT2D eigenvalue weighted by atomic mass is 16.3. The Hall–Kier alpha value is -2.34. The first-order valence-corrected chi connectivity index (χ1v) is 8.35. The van der Waals surface area contributed by atoms with Crippen LogP contribution in [0.25, 0.3) is 5.69 Å². The molecule has 0 spiro atoms. The molecule has 0 bridgehead atoms. The Bertz CT molecular complexity index is 686. The van der Waals surface area contributed by atoms with Gasteiger partial charge in [-0.15, -0.1) is 0 Å². The normalized spacial score (nSPS) is 23.2. The van der Waals surface area contributed by atoms with Gasteiger partial charge in [0.15, 0.2) is 0 Å². The van der Waals surface area contributed by atoms with Gasteiger partial charge in [-0.1, -0.05) is 31.5 Å². The molecule has 3 N–H and O–H groups in total. The van der Waals surface area contributed by atoms with Gasteiger partial charge < -0.3 is 15.7 Å². The number of hydrogen-bond acceptors (Lipinski definition) is 3. The van der Waals surface area contributed by atoms with Gasteiger partial charge in [0.25, 0.3) is 0 Å². The molecule has 2 amide bonds. The van der Waals surface area contributed by atoms with Crippen LogP contribution in [0.4, 0.5) is 4.79 Å². The third-order valence-electron chi connectivity index (χ3n) is 4.93. The Morgan fingerprint density at radius 1 is 1.42 bits per heavy atom. The van der Waals surface area contributed by atoms with Gasteiger partial charge in [0.1, 0.15) is 0 Å². The zero-order chi connectivity index (χ0) is 17.0. The number of urea groups is 1. The zero-order valence-corrected chi connectivity index (χ0v) is 13.9. The van der Waals surface area contributed by atoms with Gasteiger partial charge in [-0.05, 0) is 30.5 Å².